The Morgan fingerprint density at radius 2 is 2.14 bits per heavy atom. The summed E-state index contributed by atoms with van der Waals surface area (Å²) in [5.74, 6) is 1.28. The third-order valence-electron chi connectivity index (χ3n) is 3.56. The van der Waals surface area contributed by atoms with Crippen LogP contribution >= 0.6 is 11.8 Å². The number of hydrogen-bond acceptors (Lipinski definition) is 5. The van der Waals surface area contributed by atoms with Crippen molar-refractivity contribution in [3.05, 3.63) is 42.8 Å². The first-order valence-electron chi connectivity index (χ1n) is 6.66. The van der Waals surface area contributed by atoms with E-state index in [4.69, 9.17) is 4.74 Å². The molecule has 3 heterocycles. The summed E-state index contributed by atoms with van der Waals surface area (Å²) in [6.07, 6.45) is 0.436. The van der Waals surface area contributed by atoms with Crippen LogP contribution in [0.5, 0.6) is 0 Å². The molecule has 112 valence electrons. The smallest absolute Gasteiger partial charge is 0.325 e. The molecule has 7 nitrogen and oxygen atoms in total. The van der Waals surface area contributed by atoms with Gasteiger partial charge in [0, 0.05) is 23.6 Å². The molecule has 3 rings (SSSR count). The fraction of sp³-hybridized carbons (Fsp3) is 0.462. The fourth-order valence-corrected chi connectivity index (χ4v) is 3.40. The van der Waals surface area contributed by atoms with Crippen molar-refractivity contribution in [2.45, 2.75) is 19.9 Å². The van der Waals surface area contributed by atoms with Crippen molar-refractivity contribution in [2.24, 2.45) is 0 Å². The van der Waals surface area contributed by atoms with Gasteiger partial charge in [0.1, 0.15) is 10.7 Å². The number of fused-ring (bicyclic) bond motifs is 1. The summed E-state index contributed by atoms with van der Waals surface area (Å²) in [7, 11) is 0. The predicted octanol–water partition coefficient (Wildman–Crippen LogP) is -0.0572. The van der Waals surface area contributed by atoms with Crippen LogP contribution < -0.4 is 11.2 Å². The van der Waals surface area contributed by atoms with Gasteiger partial charge < -0.3 is 14.6 Å². The van der Waals surface area contributed by atoms with E-state index in [-0.39, 0.29) is 18.0 Å². The van der Waals surface area contributed by atoms with Crippen molar-refractivity contribution in [1.29, 1.82) is 0 Å². The van der Waals surface area contributed by atoms with Gasteiger partial charge in [-0.15, -0.1) is 11.8 Å². The SMILES string of the molecule is CC1=C(C(=O)N2CCc3c([nH]c(=O)[nH]c3=O)C2)SCCO1. The number of thioether (sulfide) groups is 1. The van der Waals surface area contributed by atoms with Crippen molar-refractivity contribution in [3.8, 4) is 0 Å². The summed E-state index contributed by atoms with van der Waals surface area (Å²) < 4.78 is 5.41. The topological polar surface area (TPSA) is 95.3 Å². The van der Waals surface area contributed by atoms with Crippen molar-refractivity contribution < 1.29 is 9.53 Å². The lowest BCUT2D eigenvalue weighted by atomic mass is 10.1. The molecule has 0 spiro atoms. The highest BCUT2D eigenvalue weighted by Crippen LogP contribution is 2.28. The third kappa shape index (κ3) is 2.63. The molecular weight excluding hydrogens is 294 g/mol. The number of rotatable bonds is 1. The van der Waals surface area contributed by atoms with Crippen LogP contribution in [-0.2, 0) is 22.5 Å². The van der Waals surface area contributed by atoms with Crippen LogP contribution in [0.4, 0.5) is 0 Å². The summed E-state index contributed by atoms with van der Waals surface area (Å²) in [6, 6.07) is 0. The van der Waals surface area contributed by atoms with E-state index in [1.54, 1.807) is 11.8 Å². The minimum absolute atomic E-state index is 0.107. The Hall–Kier alpha value is -1.96. The highest BCUT2D eigenvalue weighted by Gasteiger charge is 2.28. The number of H-pyrrole nitrogens is 2. The highest BCUT2D eigenvalue weighted by molar-refractivity contribution is 8.04. The molecule has 0 saturated heterocycles. The van der Waals surface area contributed by atoms with Gasteiger partial charge >= 0.3 is 5.69 Å². The van der Waals surface area contributed by atoms with Crippen molar-refractivity contribution in [2.75, 3.05) is 18.9 Å². The van der Waals surface area contributed by atoms with Gasteiger partial charge in [0.25, 0.3) is 11.5 Å². The summed E-state index contributed by atoms with van der Waals surface area (Å²) in [6.45, 7) is 3.09. The standard InChI is InChI=1S/C13H15N3O4S/c1-7-10(21-5-4-20-7)12(18)16-3-2-8-9(6-16)14-13(19)15-11(8)17/h2-6H2,1H3,(H2,14,15,17,19). The Bertz CT molecular complexity index is 734. The van der Waals surface area contributed by atoms with Gasteiger partial charge in [0.2, 0.25) is 0 Å². The summed E-state index contributed by atoms with van der Waals surface area (Å²) in [5.41, 5.74) is 0.158. The summed E-state index contributed by atoms with van der Waals surface area (Å²) in [5, 5.41) is 0. The average molecular weight is 309 g/mol. The molecule has 0 fully saturated rings. The lowest BCUT2D eigenvalue weighted by Gasteiger charge is -2.29. The number of aromatic amines is 2. The minimum Gasteiger partial charge on any atom is -0.496 e. The zero-order valence-corrected chi connectivity index (χ0v) is 12.3. The van der Waals surface area contributed by atoms with Gasteiger partial charge in [-0.25, -0.2) is 4.79 Å². The summed E-state index contributed by atoms with van der Waals surface area (Å²) in [4.78, 5) is 42.6. The third-order valence-corrected chi connectivity index (χ3v) is 4.68. The fourth-order valence-electron chi connectivity index (χ4n) is 2.51. The molecule has 0 aromatic carbocycles. The van der Waals surface area contributed by atoms with E-state index in [0.29, 0.717) is 41.5 Å². The molecule has 0 unspecified atom stereocenters. The molecule has 0 radical (unpaired) electrons. The normalized spacial score (nSPS) is 18.2. The Morgan fingerprint density at radius 1 is 1.33 bits per heavy atom. The van der Waals surface area contributed by atoms with Crippen LogP contribution in [0.3, 0.4) is 0 Å². The number of ether oxygens (including phenoxy) is 1. The second-order valence-corrected chi connectivity index (χ2v) is 6.03. The molecule has 2 aliphatic heterocycles. The largest absolute Gasteiger partial charge is 0.496 e. The molecule has 1 aromatic heterocycles. The van der Waals surface area contributed by atoms with Crippen molar-refractivity contribution in [3.63, 3.8) is 0 Å². The van der Waals surface area contributed by atoms with E-state index in [1.165, 1.54) is 11.8 Å². The van der Waals surface area contributed by atoms with E-state index in [2.05, 4.69) is 9.97 Å². The Kier molecular flexibility index (Phi) is 3.62. The Balaban J connectivity index is 1.88. The first-order valence-corrected chi connectivity index (χ1v) is 7.65. The van der Waals surface area contributed by atoms with Gasteiger partial charge in [-0.2, -0.15) is 0 Å². The minimum atomic E-state index is -0.543. The summed E-state index contributed by atoms with van der Waals surface area (Å²) >= 11 is 1.48. The molecule has 8 heteroatoms. The van der Waals surface area contributed by atoms with Gasteiger partial charge in [-0.3, -0.25) is 14.6 Å². The monoisotopic (exact) mass is 309 g/mol. The molecule has 21 heavy (non-hydrogen) atoms. The molecule has 2 N–H and O–H groups in total. The van der Waals surface area contributed by atoms with Gasteiger partial charge in [0.15, 0.2) is 0 Å². The molecule has 1 aromatic rings. The van der Waals surface area contributed by atoms with Crippen LogP contribution in [0, 0.1) is 0 Å². The Labute approximate surface area is 124 Å². The van der Waals surface area contributed by atoms with Crippen LogP contribution in [-0.4, -0.2) is 39.7 Å². The average Bonchev–Trinajstić information content (AvgIpc) is 2.46. The maximum atomic E-state index is 12.5. The second kappa shape index (κ2) is 5.44. The maximum Gasteiger partial charge on any atom is 0.325 e. The van der Waals surface area contributed by atoms with E-state index < -0.39 is 5.69 Å². The maximum absolute atomic E-state index is 12.5. The molecule has 0 aliphatic carbocycles. The number of hydrogen-bond donors (Lipinski definition) is 2. The van der Waals surface area contributed by atoms with Crippen molar-refractivity contribution >= 4 is 17.7 Å². The zero-order valence-electron chi connectivity index (χ0n) is 11.5. The molecule has 1 amide bonds. The number of allylic oxidation sites excluding steroid dienone is 1. The number of amides is 1. The number of carbonyl (C=O) groups is 1. The number of aromatic nitrogens is 2. The molecule has 0 atom stereocenters. The molecular formula is C13H15N3O4S. The highest BCUT2D eigenvalue weighted by atomic mass is 32.2. The van der Waals surface area contributed by atoms with E-state index in [1.807, 2.05) is 0 Å². The first-order chi connectivity index (χ1) is 10.1. The lowest BCUT2D eigenvalue weighted by molar-refractivity contribution is -0.127. The molecule has 0 saturated carbocycles. The number of nitrogens with one attached hydrogen (secondary N) is 2. The van der Waals surface area contributed by atoms with E-state index in [0.717, 1.165) is 5.75 Å². The molecule has 0 bridgehead atoms. The van der Waals surface area contributed by atoms with Crippen LogP contribution in [0.25, 0.3) is 0 Å². The lowest BCUT2D eigenvalue weighted by Crippen LogP contribution is -2.42. The Morgan fingerprint density at radius 3 is 2.90 bits per heavy atom. The van der Waals surface area contributed by atoms with Gasteiger partial charge in [-0.05, 0) is 13.3 Å². The van der Waals surface area contributed by atoms with Crippen LogP contribution in [0.1, 0.15) is 18.2 Å². The van der Waals surface area contributed by atoms with E-state index >= 15 is 0 Å². The van der Waals surface area contributed by atoms with Crippen LogP contribution in [0.2, 0.25) is 0 Å². The number of carbonyl (C=O) groups excluding carboxylic acids is 1. The zero-order chi connectivity index (χ0) is 15.0. The number of nitrogens with zero attached hydrogens (tertiary/aromatic N) is 1. The first kappa shape index (κ1) is 14.0. The van der Waals surface area contributed by atoms with E-state index in [9.17, 15) is 14.4 Å². The van der Waals surface area contributed by atoms with Gasteiger partial charge in [-0.1, -0.05) is 0 Å². The van der Waals surface area contributed by atoms with Crippen LogP contribution in [0.15, 0.2) is 20.3 Å². The van der Waals surface area contributed by atoms with Gasteiger partial charge in [0.05, 0.1) is 13.2 Å². The van der Waals surface area contributed by atoms with Crippen molar-refractivity contribution in [1.82, 2.24) is 14.9 Å². The second-order valence-electron chi connectivity index (χ2n) is 4.92. The molecule has 2 aliphatic rings. The quantitative estimate of drug-likeness (QED) is 0.758. The predicted molar refractivity (Wildman–Crippen MR) is 77.9 cm³/mol.